The van der Waals surface area contributed by atoms with Crippen molar-refractivity contribution in [1.29, 1.82) is 0 Å². The summed E-state index contributed by atoms with van der Waals surface area (Å²) in [5.74, 6) is 0. The highest BCUT2D eigenvalue weighted by atomic mass is 15.1. The highest BCUT2D eigenvalue weighted by molar-refractivity contribution is 4.61. The van der Waals surface area contributed by atoms with E-state index in [0.717, 1.165) is 6.04 Å². The van der Waals surface area contributed by atoms with Gasteiger partial charge in [-0.3, -0.25) is 0 Å². The summed E-state index contributed by atoms with van der Waals surface area (Å²) in [5.41, 5.74) is 0. The molecule has 0 rings (SSSR count). The molecule has 1 heteroatoms. The molecule has 0 spiro atoms. The fourth-order valence-electron chi connectivity index (χ4n) is 1.29. The van der Waals surface area contributed by atoms with E-state index in [0.29, 0.717) is 0 Å². The van der Waals surface area contributed by atoms with Gasteiger partial charge in [-0.05, 0) is 33.4 Å². The second-order valence-corrected chi connectivity index (χ2v) is 3.47. The summed E-state index contributed by atoms with van der Waals surface area (Å²) in [5, 5.41) is 0. The molecule has 0 saturated carbocycles. The Labute approximate surface area is 71.8 Å². The number of hydrogen-bond donors (Lipinski definition) is 0. The average molecular weight is 157 g/mol. The van der Waals surface area contributed by atoms with Gasteiger partial charge in [0.1, 0.15) is 0 Å². The minimum atomic E-state index is 0.773. The Balaban J connectivity index is 3.38. The second-order valence-electron chi connectivity index (χ2n) is 3.47. The van der Waals surface area contributed by atoms with E-state index in [1.54, 1.807) is 0 Å². The summed E-state index contributed by atoms with van der Waals surface area (Å²) in [6, 6.07) is 0.773. The van der Waals surface area contributed by atoms with Crippen LogP contribution in [-0.4, -0.2) is 24.5 Å². The minimum Gasteiger partial charge on any atom is -0.304 e. The molecule has 0 aromatic carbocycles. The largest absolute Gasteiger partial charge is 0.304 e. The summed E-state index contributed by atoms with van der Waals surface area (Å²) in [7, 11) is 2.23. The normalized spacial score (nSPS) is 13.9. The van der Waals surface area contributed by atoms with E-state index in [4.69, 9.17) is 0 Å². The Kier molecular flexibility index (Phi) is 6.63. The number of nitrogens with zero attached hydrogens (tertiary/aromatic N) is 1. The van der Waals surface area contributed by atoms with E-state index in [9.17, 15) is 0 Å². The maximum absolute atomic E-state index is 2.45. The molecule has 0 amide bonds. The van der Waals surface area contributed by atoms with Gasteiger partial charge in [-0.25, -0.2) is 0 Å². The van der Waals surface area contributed by atoms with Crippen molar-refractivity contribution >= 4 is 0 Å². The third kappa shape index (κ3) is 5.25. The molecule has 0 aliphatic carbocycles. The van der Waals surface area contributed by atoms with Crippen molar-refractivity contribution in [2.75, 3.05) is 13.6 Å². The fourth-order valence-corrected chi connectivity index (χ4v) is 1.29. The van der Waals surface area contributed by atoms with Gasteiger partial charge in [0.2, 0.25) is 0 Å². The Hall–Kier alpha value is -0.0400. The van der Waals surface area contributed by atoms with Gasteiger partial charge >= 0.3 is 0 Å². The van der Waals surface area contributed by atoms with Gasteiger partial charge in [0, 0.05) is 6.04 Å². The Morgan fingerprint density at radius 3 is 2.27 bits per heavy atom. The zero-order valence-electron chi connectivity index (χ0n) is 8.56. The first-order chi connectivity index (χ1) is 5.22. The molecule has 0 aromatic heterocycles. The lowest BCUT2D eigenvalue weighted by atomic mass is 10.1. The van der Waals surface area contributed by atoms with E-state index < -0.39 is 0 Å². The van der Waals surface area contributed by atoms with Crippen molar-refractivity contribution in [3.63, 3.8) is 0 Å². The van der Waals surface area contributed by atoms with E-state index >= 15 is 0 Å². The summed E-state index contributed by atoms with van der Waals surface area (Å²) in [6.45, 7) is 8.06. The third-order valence-electron chi connectivity index (χ3n) is 2.30. The highest BCUT2D eigenvalue weighted by Crippen LogP contribution is 2.06. The first kappa shape index (κ1) is 11.0. The molecule has 0 N–H and O–H groups in total. The molecule has 0 fully saturated rings. The molecule has 0 aliphatic rings. The van der Waals surface area contributed by atoms with Crippen LogP contribution in [0.2, 0.25) is 0 Å². The third-order valence-corrected chi connectivity index (χ3v) is 2.30. The van der Waals surface area contributed by atoms with Gasteiger partial charge in [-0.1, -0.05) is 26.7 Å². The lowest BCUT2D eigenvalue weighted by Crippen LogP contribution is -2.29. The molecule has 1 nitrogen and oxygen atoms in total. The van der Waals surface area contributed by atoms with Crippen LogP contribution in [0.15, 0.2) is 0 Å². The average Bonchev–Trinajstić information content (AvgIpc) is 2.00. The zero-order chi connectivity index (χ0) is 8.69. The van der Waals surface area contributed by atoms with Crippen LogP contribution in [0.1, 0.15) is 46.5 Å². The van der Waals surface area contributed by atoms with Crippen LogP contribution in [0, 0.1) is 0 Å². The van der Waals surface area contributed by atoms with E-state index in [1.165, 1.54) is 32.2 Å². The van der Waals surface area contributed by atoms with Crippen molar-refractivity contribution in [2.45, 2.75) is 52.5 Å². The molecule has 11 heavy (non-hydrogen) atoms. The Morgan fingerprint density at radius 1 is 1.18 bits per heavy atom. The fraction of sp³-hybridized carbons (Fsp3) is 1.00. The number of rotatable bonds is 6. The Morgan fingerprint density at radius 2 is 1.82 bits per heavy atom. The molecule has 0 aromatic rings. The SMILES string of the molecule is CCCCC(C)N(C)CCC. The number of hydrogen-bond acceptors (Lipinski definition) is 1. The van der Waals surface area contributed by atoms with E-state index in [-0.39, 0.29) is 0 Å². The molecule has 0 radical (unpaired) electrons. The van der Waals surface area contributed by atoms with Crippen molar-refractivity contribution < 1.29 is 0 Å². The lowest BCUT2D eigenvalue weighted by molar-refractivity contribution is 0.243. The Bertz CT molecular complexity index is 80.9. The first-order valence-electron chi connectivity index (χ1n) is 4.92. The molecule has 0 bridgehead atoms. The topological polar surface area (TPSA) is 3.24 Å². The molecule has 0 aliphatic heterocycles. The molecular weight excluding hydrogens is 134 g/mol. The molecule has 1 atom stereocenters. The summed E-state index contributed by atoms with van der Waals surface area (Å²) in [6.07, 6.45) is 5.32. The number of unbranched alkanes of at least 4 members (excludes halogenated alkanes) is 1. The van der Waals surface area contributed by atoms with Crippen molar-refractivity contribution in [2.24, 2.45) is 0 Å². The predicted octanol–water partition coefficient (Wildman–Crippen LogP) is 2.91. The van der Waals surface area contributed by atoms with Crippen molar-refractivity contribution in [3.8, 4) is 0 Å². The first-order valence-corrected chi connectivity index (χ1v) is 4.92. The lowest BCUT2D eigenvalue weighted by Gasteiger charge is -2.23. The summed E-state index contributed by atoms with van der Waals surface area (Å²) >= 11 is 0. The van der Waals surface area contributed by atoms with Gasteiger partial charge in [-0.2, -0.15) is 0 Å². The minimum absolute atomic E-state index is 0.773. The van der Waals surface area contributed by atoms with Crippen molar-refractivity contribution in [1.82, 2.24) is 4.90 Å². The van der Waals surface area contributed by atoms with Gasteiger partial charge in [-0.15, -0.1) is 0 Å². The summed E-state index contributed by atoms with van der Waals surface area (Å²) in [4.78, 5) is 2.45. The van der Waals surface area contributed by atoms with E-state index in [1.807, 2.05) is 0 Å². The van der Waals surface area contributed by atoms with Crippen LogP contribution in [0.5, 0.6) is 0 Å². The molecule has 0 saturated heterocycles. The molecular formula is C10H23N. The molecule has 0 heterocycles. The van der Waals surface area contributed by atoms with Crippen LogP contribution < -0.4 is 0 Å². The van der Waals surface area contributed by atoms with Crippen LogP contribution in [0.3, 0.4) is 0 Å². The van der Waals surface area contributed by atoms with Gasteiger partial charge < -0.3 is 4.90 Å². The zero-order valence-corrected chi connectivity index (χ0v) is 8.56. The maximum Gasteiger partial charge on any atom is 0.00638 e. The maximum atomic E-state index is 2.45. The van der Waals surface area contributed by atoms with Crippen LogP contribution in [-0.2, 0) is 0 Å². The predicted molar refractivity (Wildman–Crippen MR) is 51.9 cm³/mol. The molecule has 68 valence electrons. The second kappa shape index (κ2) is 6.66. The van der Waals surface area contributed by atoms with Crippen molar-refractivity contribution in [3.05, 3.63) is 0 Å². The van der Waals surface area contributed by atoms with Gasteiger partial charge in [0.15, 0.2) is 0 Å². The quantitative estimate of drug-likeness (QED) is 0.573. The van der Waals surface area contributed by atoms with Crippen LogP contribution in [0.4, 0.5) is 0 Å². The van der Waals surface area contributed by atoms with Gasteiger partial charge in [0.25, 0.3) is 0 Å². The van der Waals surface area contributed by atoms with Crippen LogP contribution >= 0.6 is 0 Å². The smallest absolute Gasteiger partial charge is 0.00638 e. The monoisotopic (exact) mass is 157 g/mol. The van der Waals surface area contributed by atoms with Crippen LogP contribution in [0.25, 0.3) is 0 Å². The van der Waals surface area contributed by atoms with E-state index in [2.05, 4.69) is 32.7 Å². The van der Waals surface area contributed by atoms with Gasteiger partial charge in [0.05, 0.1) is 0 Å². The highest BCUT2D eigenvalue weighted by Gasteiger charge is 2.05. The standard InChI is InChI=1S/C10H23N/c1-5-7-8-10(3)11(4)9-6-2/h10H,5-9H2,1-4H3. The molecule has 1 unspecified atom stereocenters. The summed E-state index contributed by atoms with van der Waals surface area (Å²) < 4.78 is 0.